The number of benzene rings is 1. The van der Waals surface area contributed by atoms with Gasteiger partial charge in [0.15, 0.2) is 0 Å². The van der Waals surface area contributed by atoms with Crippen molar-refractivity contribution in [1.82, 2.24) is 20.2 Å². The largest absolute Gasteiger partial charge is 0.349 e. The molecule has 1 aromatic heterocycles. The minimum atomic E-state index is -0.0669. The van der Waals surface area contributed by atoms with Gasteiger partial charge in [-0.15, -0.1) is 0 Å². The number of carbonyl (C=O) groups is 2. The number of hydrogen-bond donors (Lipinski definition) is 1. The van der Waals surface area contributed by atoms with E-state index < -0.39 is 0 Å². The van der Waals surface area contributed by atoms with Crippen LogP contribution in [0.25, 0.3) is 11.0 Å². The molecule has 2 aromatic rings. The van der Waals surface area contributed by atoms with E-state index in [-0.39, 0.29) is 17.4 Å². The van der Waals surface area contributed by atoms with Gasteiger partial charge in [-0.2, -0.15) is 0 Å². The molecule has 2 heterocycles. The normalized spacial score (nSPS) is 31.2. The van der Waals surface area contributed by atoms with E-state index in [0.29, 0.717) is 11.5 Å². The van der Waals surface area contributed by atoms with Gasteiger partial charge in [-0.1, -0.05) is 0 Å². The summed E-state index contributed by atoms with van der Waals surface area (Å²) in [6, 6.07) is 5.64. The third kappa shape index (κ3) is 3.71. The van der Waals surface area contributed by atoms with Crippen LogP contribution in [0.4, 0.5) is 0 Å². The fraction of sp³-hybridized carbons (Fsp3) is 0.630. The summed E-state index contributed by atoms with van der Waals surface area (Å²) in [7, 11) is 0. The standard InChI is InChI=1S/C27H34N4O2/c1-16-17(2)29-24-12-21(3-4-23(24)28-16)25(32)30-22-5-7-31(8-6-22)26(33)27-13-18-9-19(14-27)11-20(10-18)15-27/h3-4,12,18-20,22H,5-11,13-15H2,1-2H3,(H,30,32). The Morgan fingerprint density at radius 3 is 2.09 bits per heavy atom. The number of piperidine rings is 1. The zero-order valence-electron chi connectivity index (χ0n) is 19.8. The van der Waals surface area contributed by atoms with Gasteiger partial charge >= 0.3 is 0 Å². The zero-order chi connectivity index (χ0) is 22.7. The van der Waals surface area contributed by atoms with Crippen molar-refractivity contribution in [1.29, 1.82) is 0 Å². The number of fused-ring (bicyclic) bond motifs is 1. The second kappa shape index (κ2) is 7.78. The Balaban J connectivity index is 1.08. The van der Waals surface area contributed by atoms with Gasteiger partial charge in [-0.05, 0) is 101 Å². The molecule has 4 bridgehead atoms. The van der Waals surface area contributed by atoms with E-state index in [4.69, 9.17) is 0 Å². The first-order valence-corrected chi connectivity index (χ1v) is 12.7. The molecule has 5 fully saturated rings. The van der Waals surface area contributed by atoms with Gasteiger partial charge in [0.05, 0.1) is 27.8 Å². The molecule has 5 aliphatic rings. The van der Waals surface area contributed by atoms with E-state index >= 15 is 0 Å². The first-order valence-electron chi connectivity index (χ1n) is 12.7. The van der Waals surface area contributed by atoms with Gasteiger partial charge in [0, 0.05) is 24.7 Å². The van der Waals surface area contributed by atoms with Gasteiger partial charge in [0.2, 0.25) is 5.91 Å². The van der Waals surface area contributed by atoms with Crippen LogP contribution < -0.4 is 5.32 Å². The lowest BCUT2D eigenvalue weighted by atomic mass is 9.49. The fourth-order valence-corrected chi connectivity index (χ4v) is 7.58. The number of nitrogens with one attached hydrogen (secondary N) is 1. The molecule has 2 amide bonds. The van der Waals surface area contributed by atoms with Crippen LogP contribution in [0.5, 0.6) is 0 Å². The van der Waals surface area contributed by atoms with Crippen LogP contribution in [0, 0.1) is 37.0 Å². The van der Waals surface area contributed by atoms with E-state index in [9.17, 15) is 9.59 Å². The van der Waals surface area contributed by atoms with Crippen LogP contribution >= 0.6 is 0 Å². The lowest BCUT2D eigenvalue weighted by molar-refractivity contribution is -0.158. The second-order valence-electron chi connectivity index (χ2n) is 11.3. The van der Waals surface area contributed by atoms with Crippen LogP contribution in [-0.2, 0) is 4.79 Å². The summed E-state index contributed by atoms with van der Waals surface area (Å²) in [5.41, 5.74) is 3.92. The summed E-state index contributed by atoms with van der Waals surface area (Å²) < 4.78 is 0. The number of nitrogens with zero attached hydrogens (tertiary/aromatic N) is 3. The van der Waals surface area contributed by atoms with Crippen molar-refractivity contribution in [3.63, 3.8) is 0 Å². The molecule has 1 N–H and O–H groups in total. The first kappa shape index (κ1) is 21.1. The Labute approximate surface area is 195 Å². The lowest BCUT2D eigenvalue weighted by Gasteiger charge is -2.57. The van der Waals surface area contributed by atoms with E-state index in [0.717, 1.165) is 85.4 Å². The molecule has 1 aliphatic heterocycles. The van der Waals surface area contributed by atoms with E-state index in [1.807, 2.05) is 32.0 Å². The van der Waals surface area contributed by atoms with Crippen LogP contribution in [-0.4, -0.2) is 45.8 Å². The smallest absolute Gasteiger partial charge is 0.251 e. The van der Waals surface area contributed by atoms with Crippen LogP contribution in [0.1, 0.15) is 73.1 Å². The number of rotatable bonds is 3. The van der Waals surface area contributed by atoms with E-state index in [2.05, 4.69) is 20.2 Å². The lowest BCUT2D eigenvalue weighted by Crippen LogP contribution is -2.56. The Hall–Kier alpha value is -2.50. The monoisotopic (exact) mass is 446 g/mol. The quantitative estimate of drug-likeness (QED) is 0.767. The van der Waals surface area contributed by atoms with Crippen molar-refractivity contribution in [2.45, 2.75) is 71.3 Å². The molecule has 6 heteroatoms. The summed E-state index contributed by atoms with van der Waals surface area (Å²) in [4.78, 5) is 37.8. The van der Waals surface area contributed by atoms with Crippen LogP contribution in [0.15, 0.2) is 18.2 Å². The molecule has 0 unspecified atom stereocenters. The number of likely N-dealkylation sites (tertiary alicyclic amines) is 1. The average molecular weight is 447 g/mol. The Morgan fingerprint density at radius 2 is 1.48 bits per heavy atom. The fourth-order valence-electron chi connectivity index (χ4n) is 7.58. The molecule has 4 aliphatic carbocycles. The van der Waals surface area contributed by atoms with Crippen molar-refractivity contribution < 1.29 is 9.59 Å². The number of aryl methyl sites for hydroxylation is 2. The Bertz CT molecular complexity index is 1080. The molecule has 1 saturated heterocycles. The molecular formula is C27H34N4O2. The van der Waals surface area contributed by atoms with Crippen LogP contribution in [0.2, 0.25) is 0 Å². The summed E-state index contributed by atoms with van der Waals surface area (Å²) in [5, 5.41) is 3.20. The molecule has 0 spiro atoms. The summed E-state index contributed by atoms with van der Waals surface area (Å²) in [6.45, 7) is 5.40. The molecule has 0 atom stereocenters. The first-order chi connectivity index (χ1) is 15.9. The van der Waals surface area contributed by atoms with E-state index in [1.165, 1.54) is 19.3 Å². The van der Waals surface area contributed by atoms with Gasteiger partial charge in [-0.25, -0.2) is 9.97 Å². The van der Waals surface area contributed by atoms with Crippen LogP contribution in [0.3, 0.4) is 0 Å². The number of hydrogen-bond acceptors (Lipinski definition) is 4. The molecule has 1 aromatic carbocycles. The number of amides is 2. The molecular weight excluding hydrogens is 412 g/mol. The van der Waals surface area contributed by atoms with Crippen molar-refractivity contribution in [2.24, 2.45) is 23.2 Å². The van der Waals surface area contributed by atoms with Gasteiger partial charge in [0.25, 0.3) is 5.91 Å². The zero-order valence-corrected chi connectivity index (χ0v) is 19.8. The molecule has 33 heavy (non-hydrogen) atoms. The highest BCUT2D eigenvalue weighted by molar-refractivity contribution is 5.97. The third-order valence-electron chi connectivity index (χ3n) is 8.95. The molecule has 7 rings (SSSR count). The molecule has 6 nitrogen and oxygen atoms in total. The highest BCUT2D eigenvalue weighted by atomic mass is 16.2. The second-order valence-corrected chi connectivity index (χ2v) is 11.3. The highest BCUT2D eigenvalue weighted by Gasteiger charge is 2.55. The topological polar surface area (TPSA) is 75.2 Å². The maximum absolute atomic E-state index is 13.6. The van der Waals surface area contributed by atoms with Crippen molar-refractivity contribution >= 4 is 22.8 Å². The predicted octanol–water partition coefficient (Wildman–Crippen LogP) is 4.18. The van der Waals surface area contributed by atoms with Gasteiger partial charge in [0.1, 0.15) is 0 Å². The van der Waals surface area contributed by atoms with Crippen molar-refractivity contribution in [3.8, 4) is 0 Å². The summed E-state index contributed by atoms with van der Waals surface area (Å²) >= 11 is 0. The minimum Gasteiger partial charge on any atom is -0.349 e. The SMILES string of the molecule is Cc1nc2ccc(C(=O)NC3CCN(C(=O)C45CC6CC(CC(C6)C4)C5)CC3)cc2nc1C. The minimum absolute atomic E-state index is 0.0621. The predicted molar refractivity (Wildman–Crippen MR) is 127 cm³/mol. The third-order valence-corrected chi connectivity index (χ3v) is 8.95. The maximum Gasteiger partial charge on any atom is 0.251 e. The van der Waals surface area contributed by atoms with Crippen molar-refractivity contribution in [3.05, 3.63) is 35.2 Å². The molecule has 0 radical (unpaired) electrons. The number of carbonyl (C=O) groups excluding carboxylic acids is 2. The average Bonchev–Trinajstić information content (AvgIpc) is 2.79. The number of aromatic nitrogens is 2. The Kier molecular flexibility index (Phi) is 4.96. The maximum atomic E-state index is 13.6. The van der Waals surface area contributed by atoms with Gasteiger partial charge in [-0.3, -0.25) is 9.59 Å². The highest BCUT2D eigenvalue weighted by Crippen LogP contribution is 2.60. The van der Waals surface area contributed by atoms with Gasteiger partial charge < -0.3 is 10.2 Å². The summed E-state index contributed by atoms with van der Waals surface area (Å²) in [6.07, 6.45) is 9.11. The molecule has 174 valence electrons. The van der Waals surface area contributed by atoms with Crippen molar-refractivity contribution in [2.75, 3.05) is 13.1 Å². The van der Waals surface area contributed by atoms with E-state index in [1.54, 1.807) is 0 Å². The Morgan fingerprint density at radius 1 is 0.909 bits per heavy atom. The molecule has 4 saturated carbocycles. The summed E-state index contributed by atoms with van der Waals surface area (Å²) in [5.74, 6) is 2.72.